The van der Waals surface area contributed by atoms with Crippen LogP contribution in [0.15, 0.2) is 48.8 Å². The van der Waals surface area contributed by atoms with E-state index in [-0.39, 0.29) is 11.6 Å². The van der Waals surface area contributed by atoms with E-state index in [4.69, 9.17) is 0 Å². The van der Waals surface area contributed by atoms with Gasteiger partial charge in [-0.05, 0) is 47.7 Å². The molecule has 0 aliphatic heterocycles. The molecule has 1 aromatic heterocycles. The number of nitrogens with one attached hydrogen (secondary N) is 1. The summed E-state index contributed by atoms with van der Waals surface area (Å²) in [6, 6.07) is 11.2. The topological polar surface area (TPSA) is 116 Å². The van der Waals surface area contributed by atoms with Gasteiger partial charge < -0.3 is 5.32 Å². The molecule has 9 nitrogen and oxygen atoms in total. The number of nitro groups is 1. The molecule has 9 heteroatoms. The maximum atomic E-state index is 12.3. The number of nitrogens with zero attached hydrogens (tertiary/aromatic N) is 5. The molecule has 0 aliphatic carbocycles. The molecule has 3 rings (SSSR count). The summed E-state index contributed by atoms with van der Waals surface area (Å²) in [7, 11) is 0. The number of nitro benzene ring substituents is 1. The van der Waals surface area contributed by atoms with Crippen molar-refractivity contribution < 1.29 is 9.72 Å². The number of hydrogen-bond donors (Lipinski definition) is 1. The van der Waals surface area contributed by atoms with Crippen molar-refractivity contribution in [2.24, 2.45) is 0 Å². The van der Waals surface area contributed by atoms with E-state index in [2.05, 4.69) is 20.8 Å². The standard InChI is InChI=1S/C15H12N6O3/c1-10-7-11(5-6-14(10)21(23)24)15(22)17-12-3-2-4-13(8-12)20-9-16-18-19-20/h2-9H,1H3,(H,17,22). The molecule has 1 N–H and O–H groups in total. The largest absolute Gasteiger partial charge is 0.322 e. The van der Waals surface area contributed by atoms with Gasteiger partial charge in [-0.1, -0.05) is 6.07 Å². The fourth-order valence-corrected chi connectivity index (χ4v) is 2.21. The van der Waals surface area contributed by atoms with Crippen LogP contribution in [-0.2, 0) is 0 Å². The van der Waals surface area contributed by atoms with Crippen LogP contribution < -0.4 is 5.32 Å². The number of hydrogen-bond acceptors (Lipinski definition) is 6. The van der Waals surface area contributed by atoms with Crippen molar-refractivity contribution in [3.05, 3.63) is 70.0 Å². The third kappa shape index (κ3) is 3.09. The molecular formula is C15H12N6O3. The van der Waals surface area contributed by atoms with Gasteiger partial charge in [-0.2, -0.15) is 0 Å². The van der Waals surface area contributed by atoms with E-state index in [0.29, 0.717) is 22.5 Å². The zero-order chi connectivity index (χ0) is 17.1. The number of rotatable bonds is 4. The van der Waals surface area contributed by atoms with Crippen LogP contribution >= 0.6 is 0 Å². The lowest BCUT2D eigenvalue weighted by atomic mass is 10.1. The van der Waals surface area contributed by atoms with Gasteiger partial charge in [-0.15, -0.1) is 5.10 Å². The summed E-state index contributed by atoms with van der Waals surface area (Å²) in [6.45, 7) is 1.59. The minimum Gasteiger partial charge on any atom is -0.322 e. The lowest BCUT2D eigenvalue weighted by Crippen LogP contribution is -2.12. The summed E-state index contributed by atoms with van der Waals surface area (Å²) in [6.07, 6.45) is 1.45. The molecule has 1 amide bonds. The molecule has 0 fully saturated rings. The molecule has 0 unspecified atom stereocenters. The first-order valence-corrected chi connectivity index (χ1v) is 6.94. The lowest BCUT2D eigenvalue weighted by Gasteiger charge is -2.08. The van der Waals surface area contributed by atoms with E-state index in [0.717, 1.165) is 0 Å². The van der Waals surface area contributed by atoms with Crippen molar-refractivity contribution in [3.8, 4) is 5.69 Å². The predicted molar refractivity (Wildman–Crippen MR) is 84.9 cm³/mol. The van der Waals surface area contributed by atoms with Crippen molar-refractivity contribution in [1.82, 2.24) is 20.2 Å². The van der Waals surface area contributed by atoms with Gasteiger partial charge in [-0.3, -0.25) is 14.9 Å². The normalized spacial score (nSPS) is 10.4. The van der Waals surface area contributed by atoms with Gasteiger partial charge in [0.2, 0.25) is 0 Å². The molecule has 0 saturated carbocycles. The zero-order valence-electron chi connectivity index (χ0n) is 12.6. The SMILES string of the molecule is Cc1cc(C(=O)Nc2cccc(-n3cnnn3)c2)ccc1[N+](=O)[O-]. The third-order valence-electron chi connectivity index (χ3n) is 3.37. The van der Waals surface area contributed by atoms with E-state index in [9.17, 15) is 14.9 Å². The monoisotopic (exact) mass is 324 g/mol. The summed E-state index contributed by atoms with van der Waals surface area (Å²) < 4.78 is 1.46. The first-order valence-electron chi connectivity index (χ1n) is 6.94. The molecule has 0 saturated heterocycles. The van der Waals surface area contributed by atoms with Crippen LogP contribution in [0, 0.1) is 17.0 Å². The minimum atomic E-state index is -0.480. The smallest absolute Gasteiger partial charge is 0.272 e. The Morgan fingerprint density at radius 1 is 1.25 bits per heavy atom. The summed E-state index contributed by atoms with van der Waals surface area (Å²) in [5, 5.41) is 24.5. The number of aryl methyl sites for hydroxylation is 1. The second kappa shape index (κ2) is 6.24. The molecule has 120 valence electrons. The van der Waals surface area contributed by atoms with Crippen LogP contribution in [0.3, 0.4) is 0 Å². The third-order valence-corrected chi connectivity index (χ3v) is 3.37. The van der Waals surface area contributed by atoms with Gasteiger partial charge in [0, 0.05) is 22.9 Å². The second-order valence-corrected chi connectivity index (χ2v) is 5.02. The first-order chi connectivity index (χ1) is 11.5. The molecule has 0 radical (unpaired) electrons. The van der Waals surface area contributed by atoms with Gasteiger partial charge in [0.25, 0.3) is 11.6 Å². The minimum absolute atomic E-state index is 0.0211. The summed E-state index contributed by atoms with van der Waals surface area (Å²) in [5.74, 6) is -0.359. The lowest BCUT2D eigenvalue weighted by molar-refractivity contribution is -0.385. The molecule has 3 aromatic rings. The molecule has 0 spiro atoms. The van der Waals surface area contributed by atoms with Crippen molar-refractivity contribution >= 4 is 17.3 Å². The number of carbonyl (C=O) groups excluding carboxylic acids is 1. The van der Waals surface area contributed by atoms with E-state index in [1.807, 2.05) is 0 Å². The average Bonchev–Trinajstić information content (AvgIpc) is 3.09. The highest BCUT2D eigenvalue weighted by molar-refractivity contribution is 6.04. The van der Waals surface area contributed by atoms with Crippen molar-refractivity contribution in [2.75, 3.05) is 5.32 Å². The summed E-state index contributed by atoms with van der Waals surface area (Å²) >= 11 is 0. The fraction of sp³-hybridized carbons (Fsp3) is 0.0667. The highest BCUT2D eigenvalue weighted by atomic mass is 16.6. The van der Waals surface area contributed by atoms with Crippen LogP contribution in [0.5, 0.6) is 0 Å². The fourth-order valence-electron chi connectivity index (χ4n) is 2.21. The van der Waals surface area contributed by atoms with Gasteiger partial charge in [0.15, 0.2) is 0 Å². The zero-order valence-corrected chi connectivity index (χ0v) is 12.6. The van der Waals surface area contributed by atoms with Crippen molar-refractivity contribution in [1.29, 1.82) is 0 Å². The van der Waals surface area contributed by atoms with Crippen LogP contribution in [0.4, 0.5) is 11.4 Å². The van der Waals surface area contributed by atoms with Gasteiger partial charge in [0.1, 0.15) is 6.33 Å². The highest BCUT2D eigenvalue weighted by Crippen LogP contribution is 2.20. The maximum Gasteiger partial charge on any atom is 0.272 e. The first kappa shape index (κ1) is 15.3. The van der Waals surface area contributed by atoms with Crippen LogP contribution in [0.2, 0.25) is 0 Å². The maximum absolute atomic E-state index is 12.3. The molecule has 24 heavy (non-hydrogen) atoms. The van der Waals surface area contributed by atoms with E-state index >= 15 is 0 Å². The number of amides is 1. The van der Waals surface area contributed by atoms with Gasteiger partial charge in [0.05, 0.1) is 10.6 Å². The number of benzene rings is 2. The van der Waals surface area contributed by atoms with Gasteiger partial charge in [-0.25, -0.2) is 4.68 Å². The molecule has 0 bridgehead atoms. The van der Waals surface area contributed by atoms with Crippen LogP contribution in [0.25, 0.3) is 5.69 Å². The molecule has 2 aromatic carbocycles. The Hall–Kier alpha value is -3.62. The van der Waals surface area contributed by atoms with Crippen LogP contribution in [-0.4, -0.2) is 31.0 Å². The van der Waals surface area contributed by atoms with E-state index in [1.165, 1.54) is 29.2 Å². The number of aromatic nitrogens is 4. The Kier molecular flexibility index (Phi) is 3.98. The average molecular weight is 324 g/mol. The predicted octanol–water partition coefficient (Wildman–Crippen LogP) is 2.13. The number of anilines is 1. The van der Waals surface area contributed by atoms with E-state index in [1.54, 1.807) is 31.2 Å². The quantitative estimate of drug-likeness (QED) is 0.580. The Morgan fingerprint density at radius 3 is 2.75 bits per heavy atom. The van der Waals surface area contributed by atoms with Crippen molar-refractivity contribution in [3.63, 3.8) is 0 Å². The Balaban J connectivity index is 1.81. The molecule has 0 atom stereocenters. The number of tetrazole rings is 1. The highest BCUT2D eigenvalue weighted by Gasteiger charge is 2.14. The Bertz CT molecular complexity index is 907. The van der Waals surface area contributed by atoms with Gasteiger partial charge >= 0.3 is 0 Å². The van der Waals surface area contributed by atoms with Crippen molar-refractivity contribution in [2.45, 2.75) is 6.92 Å². The summed E-state index contributed by atoms with van der Waals surface area (Å²) in [4.78, 5) is 22.7. The Labute approximate surface area is 136 Å². The Morgan fingerprint density at radius 2 is 2.08 bits per heavy atom. The second-order valence-electron chi connectivity index (χ2n) is 5.02. The summed E-state index contributed by atoms with van der Waals surface area (Å²) in [5.41, 5.74) is 2.00. The van der Waals surface area contributed by atoms with E-state index < -0.39 is 4.92 Å². The number of carbonyl (C=O) groups is 1. The molecule has 0 aliphatic rings. The molecular weight excluding hydrogens is 312 g/mol. The van der Waals surface area contributed by atoms with Crippen LogP contribution in [0.1, 0.15) is 15.9 Å². The molecule has 1 heterocycles.